The van der Waals surface area contributed by atoms with Crippen LogP contribution in [0.2, 0.25) is 0 Å². The Hall–Kier alpha value is -2.34. The quantitative estimate of drug-likeness (QED) is 0.689. The first-order valence-electron chi connectivity index (χ1n) is 7.65. The summed E-state index contributed by atoms with van der Waals surface area (Å²) in [5.41, 5.74) is 2.21. The van der Waals surface area contributed by atoms with Crippen LogP contribution in [0.4, 0.5) is 0 Å². The van der Waals surface area contributed by atoms with Gasteiger partial charge in [0.25, 0.3) is 5.91 Å². The van der Waals surface area contributed by atoms with Crippen LogP contribution in [-0.2, 0) is 20.9 Å². The van der Waals surface area contributed by atoms with Gasteiger partial charge in [-0.2, -0.15) is 11.3 Å². The van der Waals surface area contributed by atoms with Crippen molar-refractivity contribution in [2.75, 3.05) is 20.3 Å². The van der Waals surface area contributed by atoms with Crippen LogP contribution in [0, 0.1) is 6.92 Å². The lowest BCUT2D eigenvalue weighted by Crippen LogP contribution is -2.30. The highest BCUT2D eigenvalue weighted by Gasteiger charge is 2.12. The van der Waals surface area contributed by atoms with E-state index in [1.54, 1.807) is 18.4 Å². The molecule has 0 saturated heterocycles. The summed E-state index contributed by atoms with van der Waals surface area (Å²) in [5.74, 6) is 0.0355. The van der Waals surface area contributed by atoms with Gasteiger partial charge in [-0.1, -0.05) is 17.7 Å². The molecule has 0 unspecified atom stereocenters. The summed E-state index contributed by atoms with van der Waals surface area (Å²) in [5, 5.41) is 3.94. The third-order valence-electron chi connectivity index (χ3n) is 3.38. The summed E-state index contributed by atoms with van der Waals surface area (Å²) in [6.45, 7) is 2.48. The van der Waals surface area contributed by atoms with E-state index >= 15 is 0 Å². The number of hydrogen-bond acceptors (Lipinski definition) is 5. The van der Waals surface area contributed by atoms with E-state index < -0.39 is 5.97 Å². The summed E-state index contributed by atoms with van der Waals surface area (Å²) in [7, 11) is 1.69. The van der Waals surface area contributed by atoms with Crippen LogP contribution < -0.4 is 4.74 Å². The zero-order valence-corrected chi connectivity index (χ0v) is 14.7. The van der Waals surface area contributed by atoms with Gasteiger partial charge in [0.1, 0.15) is 5.75 Å². The Morgan fingerprint density at radius 3 is 2.58 bits per heavy atom. The number of rotatable bonds is 8. The number of thiophene rings is 1. The molecule has 0 atom stereocenters. The minimum Gasteiger partial charge on any atom is -0.493 e. The average molecular weight is 347 g/mol. The Bertz CT molecular complexity index is 652. The number of carbonyl (C=O) groups is 2. The molecule has 2 rings (SSSR count). The molecule has 1 aromatic carbocycles. The normalized spacial score (nSPS) is 10.2. The Labute approximate surface area is 145 Å². The number of aryl methyl sites for hydroxylation is 1. The van der Waals surface area contributed by atoms with Crippen molar-refractivity contribution in [1.29, 1.82) is 0 Å². The summed E-state index contributed by atoms with van der Waals surface area (Å²) in [4.78, 5) is 25.1. The molecule has 0 spiro atoms. The molecule has 24 heavy (non-hydrogen) atoms. The lowest BCUT2D eigenvalue weighted by molar-refractivity contribution is -0.152. The predicted molar refractivity (Wildman–Crippen MR) is 93.0 cm³/mol. The maximum Gasteiger partial charge on any atom is 0.309 e. The molecule has 1 aromatic heterocycles. The number of carbonyl (C=O) groups excluding carboxylic acids is 2. The van der Waals surface area contributed by atoms with Crippen molar-refractivity contribution in [3.8, 4) is 5.75 Å². The highest BCUT2D eigenvalue weighted by molar-refractivity contribution is 7.07. The van der Waals surface area contributed by atoms with E-state index in [1.807, 2.05) is 48.0 Å². The maximum atomic E-state index is 11.9. The molecular weight excluding hydrogens is 326 g/mol. The van der Waals surface area contributed by atoms with Gasteiger partial charge in [-0.05, 0) is 41.4 Å². The minimum absolute atomic E-state index is 0.107. The van der Waals surface area contributed by atoms with E-state index in [1.165, 1.54) is 4.90 Å². The van der Waals surface area contributed by atoms with Crippen molar-refractivity contribution in [2.24, 2.45) is 0 Å². The third-order valence-corrected chi connectivity index (χ3v) is 4.11. The lowest BCUT2D eigenvalue weighted by Gasteiger charge is -2.16. The van der Waals surface area contributed by atoms with E-state index in [2.05, 4.69) is 0 Å². The van der Waals surface area contributed by atoms with Crippen LogP contribution in [0.3, 0.4) is 0 Å². The molecule has 0 saturated carbocycles. The van der Waals surface area contributed by atoms with Gasteiger partial charge in [-0.15, -0.1) is 0 Å². The van der Waals surface area contributed by atoms with Crippen molar-refractivity contribution in [1.82, 2.24) is 4.90 Å². The second-order valence-electron chi connectivity index (χ2n) is 5.45. The second-order valence-corrected chi connectivity index (χ2v) is 6.23. The molecule has 0 bridgehead atoms. The summed E-state index contributed by atoms with van der Waals surface area (Å²) < 4.78 is 10.5. The highest BCUT2D eigenvalue weighted by atomic mass is 32.1. The van der Waals surface area contributed by atoms with Crippen molar-refractivity contribution in [3.63, 3.8) is 0 Å². The Morgan fingerprint density at radius 1 is 1.17 bits per heavy atom. The lowest BCUT2D eigenvalue weighted by atomic mass is 10.2. The smallest absolute Gasteiger partial charge is 0.309 e. The third kappa shape index (κ3) is 6.04. The van der Waals surface area contributed by atoms with Crippen LogP contribution in [0.5, 0.6) is 5.75 Å². The Balaban J connectivity index is 1.63. The van der Waals surface area contributed by atoms with E-state index in [9.17, 15) is 9.59 Å². The van der Waals surface area contributed by atoms with E-state index in [0.717, 1.165) is 11.1 Å². The van der Waals surface area contributed by atoms with Crippen LogP contribution in [-0.4, -0.2) is 37.0 Å². The van der Waals surface area contributed by atoms with Gasteiger partial charge >= 0.3 is 5.97 Å². The minimum atomic E-state index is -0.445. The van der Waals surface area contributed by atoms with Gasteiger partial charge in [0.15, 0.2) is 6.61 Å². The van der Waals surface area contributed by atoms with E-state index in [4.69, 9.17) is 9.47 Å². The molecule has 1 heterocycles. The van der Waals surface area contributed by atoms with Crippen LogP contribution in [0.25, 0.3) is 0 Å². The number of hydrogen-bond donors (Lipinski definition) is 0. The van der Waals surface area contributed by atoms with E-state index in [-0.39, 0.29) is 25.5 Å². The number of esters is 1. The maximum absolute atomic E-state index is 11.9. The summed E-state index contributed by atoms with van der Waals surface area (Å²) in [6.07, 6.45) is 0.107. The molecule has 6 heteroatoms. The van der Waals surface area contributed by atoms with Crippen molar-refractivity contribution in [3.05, 3.63) is 52.2 Å². The fourth-order valence-electron chi connectivity index (χ4n) is 1.96. The Kier molecular flexibility index (Phi) is 6.81. The molecule has 1 amide bonds. The van der Waals surface area contributed by atoms with Crippen molar-refractivity contribution in [2.45, 2.75) is 19.9 Å². The average Bonchev–Trinajstić information content (AvgIpc) is 3.07. The molecule has 0 aliphatic heterocycles. The first kappa shape index (κ1) is 18.0. The van der Waals surface area contributed by atoms with Crippen LogP contribution >= 0.6 is 11.3 Å². The number of amides is 1. The summed E-state index contributed by atoms with van der Waals surface area (Å²) in [6, 6.07) is 9.54. The molecular formula is C18H21NO4S. The molecule has 128 valence electrons. The van der Waals surface area contributed by atoms with Crippen molar-refractivity contribution < 1.29 is 19.1 Å². The summed E-state index contributed by atoms with van der Waals surface area (Å²) >= 11 is 1.58. The van der Waals surface area contributed by atoms with Crippen molar-refractivity contribution >= 4 is 23.2 Å². The largest absolute Gasteiger partial charge is 0.493 e. The zero-order chi connectivity index (χ0) is 17.4. The fourth-order valence-corrected chi connectivity index (χ4v) is 2.62. The van der Waals surface area contributed by atoms with E-state index in [0.29, 0.717) is 12.3 Å². The molecule has 0 fully saturated rings. The van der Waals surface area contributed by atoms with Gasteiger partial charge in [-0.3, -0.25) is 9.59 Å². The van der Waals surface area contributed by atoms with Crippen LogP contribution in [0.15, 0.2) is 41.1 Å². The number of benzene rings is 1. The molecule has 0 N–H and O–H groups in total. The first-order chi connectivity index (χ1) is 11.5. The van der Waals surface area contributed by atoms with Gasteiger partial charge in [0.2, 0.25) is 0 Å². The monoisotopic (exact) mass is 347 g/mol. The highest BCUT2D eigenvalue weighted by Crippen LogP contribution is 2.11. The molecule has 5 nitrogen and oxygen atoms in total. The number of likely N-dealkylation sites (N-methyl/N-ethyl adjacent to an activating group) is 1. The second kappa shape index (κ2) is 9.08. The first-order valence-corrected chi connectivity index (χ1v) is 8.59. The predicted octanol–water partition coefficient (Wildman–Crippen LogP) is 3.03. The van der Waals surface area contributed by atoms with Gasteiger partial charge in [0, 0.05) is 13.6 Å². The standard InChI is InChI=1S/C18H21NO4S/c1-14-3-5-16(6-4-14)22-9-7-18(21)23-12-17(20)19(2)11-15-8-10-24-13-15/h3-6,8,10,13H,7,9,11-12H2,1-2H3. The Morgan fingerprint density at radius 2 is 1.92 bits per heavy atom. The molecule has 0 aliphatic carbocycles. The topological polar surface area (TPSA) is 55.8 Å². The number of nitrogens with zero attached hydrogens (tertiary/aromatic N) is 1. The van der Waals surface area contributed by atoms with Gasteiger partial charge in [-0.25, -0.2) is 0 Å². The number of ether oxygens (including phenoxy) is 2. The van der Waals surface area contributed by atoms with Gasteiger partial charge in [0.05, 0.1) is 13.0 Å². The molecule has 0 aliphatic rings. The molecule has 0 radical (unpaired) electrons. The molecule has 2 aromatic rings. The fraction of sp³-hybridized carbons (Fsp3) is 0.333. The van der Waals surface area contributed by atoms with Crippen LogP contribution in [0.1, 0.15) is 17.5 Å². The SMILES string of the molecule is Cc1ccc(OCCC(=O)OCC(=O)N(C)Cc2ccsc2)cc1. The zero-order valence-electron chi connectivity index (χ0n) is 13.9. The van der Waals surface area contributed by atoms with Gasteiger partial charge < -0.3 is 14.4 Å².